The minimum Gasteiger partial charge on any atom is -0.353 e. The van der Waals surface area contributed by atoms with Gasteiger partial charge in [0.25, 0.3) is 0 Å². The lowest BCUT2D eigenvalue weighted by Crippen LogP contribution is -2.38. The Morgan fingerprint density at radius 3 is 2.39 bits per heavy atom. The molecule has 0 aliphatic carbocycles. The third-order valence-corrected chi connectivity index (χ3v) is 5.16. The summed E-state index contributed by atoms with van der Waals surface area (Å²) >= 11 is 0. The van der Waals surface area contributed by atoms with E-state index in [1.165, 1.54) is 18.4 Å². The monoisotopic (exact) mass is 338 g/mol. The second-order valence-corrected chi connectivity index (χ2v) is 6.82. The molecule has 0 aromatic heterocycles. The van der Waals surface area contributed by atoms with E-state index in [2.05, 4.69) is 55.7 Å². The van der Waals surface area contributed by atoms with Gasteiger partial charge in [-0.15, -0.1) is 12.4 Å². The molecule has 1 saturated heterocycles. The van der Waals surface area contributed by atoms with Gasteiger partial charge >= 0.3 is 0 Å². The zero-order valence-electron chi connectivity index (χ0n) is 14.5. The Labute approximate surface area is 147 Å². The molecule has 2 N–H and O–H groups in total. The normalized spacial score (nSPS) is 19.3. The molecule has 1 aliphatic heterocycles. The van der Waals surface area contributed by atoms with E-state index in [9.17, 15) is 4.79 Å². The van der Waals surface area contributed by atoms with E-state index in [1.54, 1.807) is 0 Å². The molecular weight excluding hydrogens is 308 g/mol. The fourth-order valence-corrected chi connectivity index (χ4v) is 3.36. The maximum absolute atomic E-state index is 12.3. The molecule has 1 aromatic carbocycles. The van der Waals surface area contributed by atoms with E-state index in [1.807, 2.05) is 6.07 Å². The van der Waals surface area contributed by atoms with E-state index >= 15 is 0 Å². The lowest BCUT2D eigenvalue weighted by molar-refractivity contribution is -0.123. The quantitative estimate of drug-likeness (QED) is 0.829. The molecule has 23 heavy (non-hydrogen) atoms. The largest absolute Gasteiger partial charge is 0.353 e. The summed E-state index contributed by atoms with van der Waals surface area (Å²) in [6.45, 7) is 8.69. The molecule has 1 aliphatic rings. The molecule has 3 unspecified atom stereocenters. The van der Waals surface area contributed by atoms with Gasteiger partial charge < -0.3 is 10.6 Å². The van der Waals surface area contributed by atoms with Crippen LogP contribution in [0.1, 0.15) is 51.5 Å². The number of nitrogens with one attached hydrogen (secondary N) is 2. The van der Waals surface area contributed by atoms with Gasteiger partial charge in [0.05, 0.1) is 0 Å². The number of carbonyl (C=O) groups is 1. The highest BCUT2D eigenvalue weighted by Crippen LogP contribution is 2.24. The first-order valence-corrected chi connectivity index (χ1v) is 8.63. The van der Waals surface area contributed by atoms with Crippen molar-refractivity contribution in [3.63, 3.8) is 0 Å². The summed E-state index contributed by atoms with van der Waals surface area (Å²) < 4.78 is 0. The van der Waals surface area contributed by atoms with E-state index in [-0.39, 0.29) is 24.4 Å². The van der Waals surface area contributed by atoms with Gasteiger partial charge in [-0.2, -0.15) is 0 Å². The molecular formula is C19H31ClN2O. The van der Waals surface area contributed by atoms with Crippen molar-refractivity contribution in [3.05, 3.63) is 35.9 Å². The summed E-state index contributed by atoms with van der Waals surface area (Å²) in [5.41, 5.74) is 1.28. The summed E-state index contributed by atoms with van der Waals surface area (Å²) in [4.78, 5) is 12.3. The fourth-order valence-electron chi connectivity index (χ4n) is 3.36. The van der Waals surface area contributed by atoms with E-state index in [0.717, 1.165) is 13.1 Å². The molecule has 4 heteroatoms. The smallest absolute Gasteiger partial charge is 0.220 e. The van der Waals surface area contributed by atoms with Gasteiger partial charge in [0.2, 0.25) is 5.91 Å². The van der Waals surface area contributed by atoms with Crippen molar-refractivity contribution in [2.24, 2.45) is 11.8 Å². The van der Waals surface area contributed by atoms with Crippen molar-refractivity contribution in [2.45, 2.75) is 52.0 Å². The zero-order valence-corrected chi connectivity index (χ0v) is 15.4. The Balaban J connectivity index is 0.00000264. The van der Waals surface area contributed by atoms with Gasteiger partial charge in [-0.3, -0.25) is 4.79 Å². The van der Waals surface area contributed by atoms with Gasteiger partial charge in [0, 0.05) is 18.4 Å². The summed E-state index contributed by atoms with van der Waals surface area (Å²) in [6, 6.07) is 10.6. The first-order valence-electron chi connectivity index (χ1n) is 8.63. The summed E-state index contributed by atoms with van der Waals surface area (Å²) in [6.07, 6.45) is 3.05. The molecule has 1 heterocycles. The van der Waals surface area contributed by atoms with Gasteiger partial charge in [-0.1, -0.05) is 44.2 Å². The molecule has 0 spiro atoms. The number of rotatable bonds is 6. The number of piperidine rings is 1. The lowest BCUT2D eigenvalue weighted by Gasteiger charge is -2.29. The molecule has 3 nitrogen and oxygen atoms in total. The van der Waals surface area contributed by atoms with Crippen LogP contribution in [0.25, 0.3) is 0 Å². The Morgan fingerprint density at radius 2 is 1.78 bits per heavy atom. The average molecular weight is 339 g/mol. The standard InChI is InChI=1S/C19H30N2O.ClH/c1-14(17-9-11-20-12-10-17)13-19(22)21-16(3)15(2)18-7-5-4-6-8-18;/h4-8,14-17,20H,9-13H2,1-3H3,(H,21,22);1H. The van der Waals surface area contributed by atoms with Crippen LogP contribution in [0.4, 0.5) is 0 Å². The van der Waals surface area contributed by atoms with Gasteiger partial charge in [0.15, 0.2) is 0 Å². The molecule has 1 fully saturated rings. The van der Waals surface area contributed by atoms with Crippen molar-refractivity contribution in [1.82, 2.24) is 10.6 Å². The lowest BCUT2D eigenvalue weighted by atomic mass is 9.84. The summed E-state index contributed by atoms with van der Waals surface area (Å²) in [5.74, 6) is 1.69. The predicted molar refractivity (Wildman–Crippen MR) is 99.1 cm³/mol. The van der Waals surface area contributed by atoms with Crippen LogP contribution in [0.15, 0.2) is 30.3 Å². The molecule has 1 aromatic rings. The molecule has 1 amide bonds. The second kappa shape index (κ2) is 9.94. The molecule has 130 valence electrons. The van der Waals surface area contributed by atoms with Crippen molar-refractivity contribution in [2.75, 3.05) is 13.1 Å². The van der Waals surface area contributed by atoms with Crippen LogP contribution in [0.5, 0.6) is 0 Å². The van der Waals surface area contributed by atoms with Crippen LogP contribution in [0, 0.1) is 11.8 Å². The molecule has 0 radical (unpaired) electrons. The highest BCUT2D eigenvalue weighted by atomic mass is 35.5. The summed E-state index contributed by atoms with van der Waals surface area (Å²) in [7, 11) is 0. The maximum Gasteiger partial charge on any atom is 0.220 e. The Kier molecular flexibility index (Phi) is 8.64. The van der Waals surface area contributed by atoms with Crippen molar-refractivity contribution >= 4 is 18.3 Å². The van der Waals surface area contributed by atoms with Crippen LogP contribution in [0.2, 0.25) is 0 Å². The highest BCUT2D eigenvalue weighted by Gasteiger charge is 2.23. The third kappa shape index (κ3) is 6.15. The molecule has 0 saturated carbocycles. The maximum atomic E-state index is 12.3. The first kappa shape index (κ1) is 20.0. The van der Waals surface area contributed by atoms with Crippen LogP contribution in [-0.4, -0.2) is 25.0 Å². The minimum absolute atomic E-state index is 0. The van der Waals surface area contributed by atoms with E-state index in [0.29, 0.717) is 24.2 Å². The molecule has 0 bridgehead atoms. The SMILES string of the molecule is CC(CC(=O)NC(C)C(C)c1ccccc1)C1CCNCC1.Cl. The number of halogens is 1. The van der Waals surface area contributed by atoms with Gasteiger partial charge in [-0.25, -0.2) is 0 Å². The average Bonchev–Trinajstić information content (AvgIpc) is 2.55. The van der Waals surface area contributed by atoms with Crippen molar-refractivity contribution in [1.29, 1.82) is 0 Å². The van der Waals surface area contributed by atoms with Crippen molar-refractivity contribution < 1.29 is 4.79 Å². The third-order valence-electron chi connectivity index (χ3n) is 5.16. The topological polar surface area (TPSA) is 41.1 Å². The zero-order chi connectivity index (χ0) is 15.9. The Bertz CT molecular complexity index is 460. The second-order valence-electron chi connectivity index (χ2n) is 6.82. The van der Waals surface area contributed by atoms with E-state index in [4.69, 9.17) is 0 Å². The Morgan fingerprint density at radius 1 is 1.17 bits per heavy atom. The number of hydrogen-bond acceptors (Lipinski definition) is 2. The number of carbonyl (C=O) groups excluding carboxylic acids is 1. The van der Waals surface area contributed by atoms with Crippen molar-refractivity contribution in [3.8, 4) is 0 Å². The fraction of sp³-hybridized carbons (Fsp3) is 0.632. The number of amides is 1. The summed E-state index contributed by atoms with van der Waals surface area (Å²) in [5, 5.41) is 6.58. The van der Waals surface area contributed by atoms with E-state index < -0.39 is 0 Å². The molecule has 3 atom stereocenters. The van der Waals surface area contributed by atoms with Crippen LogP contribution in [-0.2, 0) is 4.79 Å². The number of benzene rings is 1. The minimum atomic E-state index is 0. The first-order chi connectivity index (χ1) is 10.6. The van der Waals surface area contributed by atoms with Gasteiger partial charge in [-0.05, 0) is 50.3 Å². The van der Waals surface area contributed by atoms with Crippen LogP contribution < -0.4 is 10.6 Å². The number of hydrogen-bond donors (Lipinski definition) is 2. The Hall–Kier alpha value is -1.06. The molecule has 2 rings (SSSR count). The van der Waals surface area contributed by atoms with Crippen LogP contribution in [0.3, 0.4) is 0 Å². The van der Waals surface area contributed by atoms with Crippen LogP contribution >= 0.6 is 12.4 Å². The highest BCUT2D eigenvalue weighted by molar-refractivity contribution is 5.85. The van der Waals surface area contributed by atoms with Gasteiger partial charge in [0.1, 0.15) is 0 Å². The predicted octanol–water partition coefficient (Wildman–Crippen LogP) is 3.74.